The van der Waals surface area contributed by atoms with Crippen LogP contribution in [0.15, 0.2) is 35.3 Å². The summed E-state index contributed by atoms with van der Waals surface area (Å²) < 4.78 is 0.694. The van der Waals surface area contributed by atoms with Crippen molar-refractivity contribution in [3.63, 3.8) is 0 Å². The molecule has 2 heterocycles. The van der Waals surface area contributed by atoms with Crippen molar-refractivity contribution < 1.29 is 4.79 Å². The highest BCUT2D eigenvalue weighted by atomic mass is 79.9. The smallest absolute Gasteiger partial charge is 0.254 e. The summed E-state index contributed by atoms with van der Waals surface area (Å²) in [5, 5.41) is 2.87. The number of hydrogen-bond donors (Lipinski definition) is 1. The largest absolute Gasteiger partial charge is 0.346 e. The molecule has 5 nitrogen and oxygen atoms in total. The molecule has 0 saturated heterocycles. The van der Waals surface area contributed by atoms with Gasteiger partial charge in [-0.3, -0.25) is 4.79 Å². The molecule has 18 heavy (non-hydrogen) atoms. The summed E-state index contributed by atoms with van der Waals surface area (Å²) >= 11 is 9.09. The number of carbonyl (C=O) groups is 1. The van der Waals surface area contributed by atoms with Gasteiger partial charge in [-0.2, -0.15) is 0 Å². The molecule has 1 amide bonds. The van der Waals surface area contributed by atoms with Crippen LogP contribution in [0.2, 0.25) is 5.15 Å². The molecule has 0 unspecified atom stereocenters. The third-order valence-corrected chi connectivity index (χ3v) is 2.86. The van der Waals surface area contributed by atoms with Crippen LogP contribution in [0.1, 0.15) is 16.1 Å². The minimum absolute atomic E-state index is 0.165. The zero-order valence-electron chi connectivity index (χ0n) is 9.10. The summed E-state index contributed by atoms with van der Waals surface area (Å²) in [6.07, 6.45) is 4.57. The molecule has 0 spiro atoms. The fourth-order valence-corrected chi connectivity index (χ4v) is 1.79. The van der Waals surface area contributed by atoms with E-state index in [9.17, 15) is 4.79 Å². The van der Waals surface area contributed by atoms with Gasteiger partial charge in [-0.1, -0.05) is 11.6 Å². The molecule has 7 heteroatoms. The van der Waals surface area contributed by atoms with Crippen LogP contribution in [0.4, 0.5) is 0 Å². The van der Waals surface area contributed by atoms with Gasteiger partial charge in [-0.25, -0.2) is 15.0 Å². The number of nitrogens with one attached hydrogen (secondary N) is 1. The van der Waals surface area contributed by atoms with E-state index in [1.807, 2.05) is 0 Å². The van der Waals surface area contributed by atoms with E-state index in [4.69, 9.17) is 11.6 Å². The maximum Gasteiger partial charge on any atom is 0.254 e. The number of aromatic nitrogens is 3. The fourth-order valence-electron chi connectivity index (χ4n) is 1.27. The highest BCUT2D eigenvalue weighted by Gasteiger charge is 2.11. The number of pyridine rings is 1. The van der Waals surface area contributed by atoms with Crippen molar-refractivity contribution in [1.29, 1.82) is 0 Å². The van der Waals surface area contributed by atoms with Crippen molar-refractivity contribution >= 4 is 33.4 Å². The standard InChI is InChI=1S/C11H8BrClN4O/c12-7-3-9(10(13)15-4-7)11(18)16-5-8-1-2-14-6-17-8/h1-4,6H,5H2,(H,16,18). The predicted octanol–water partition coefficient (Wildman–Crippen LogP) is 2.22. The van der Waals surface area contributed by atoms with Crippen molar-refractivity contribution in [2.45, 2.75) is 6.54 Å². The minimum Gasteiger partial charge on any atom is -0.346 e. The maximum atomic E-state index is 11.9. The van der Waals surface area contributed by atoms with Crippen LogP contribution in [0.3, 0.4) is 0 Å². The Hall–Kier alpha value is -1.53. The zero-order chi connectivity index (χ0) is 13.0. The SMILES string of the molecule is O=C(NCc1ccncn1)c1cc(Br)cnc1Cl. The molecule has 2 rings (SSSR count). The zero-order valence-corrected chi connectivity index (χ0v) is 11.4. The van der Waals surface area contributed by atoms with Crippen molar-refractivity contribution in [3.8, 4) is 0 Å². The topological polar surface area (TPSA) is 67.8 Å². The van der Waals surface area contributed by atoms with Gasteiger partial charge in [0.2, 0.25) is 0 Å². The molecule has 0 atom stereocenters. The number of nitrogens with zero attached hydrogens (tertiary/aromatic N) is 3. The van der Waals surface area contributed by atoms with Crippen molar-refractivity contribution in [3.05, 3.63) is 51.7 Å². The molecule has 0 aliphatic heterocycles. The van der Waals surface area contributed by atoms with E-state index in [0.29, 0.717) is 16.6 Å². The molecular formula is C11H8BrClN4O. The lowest BCUT2D eigenvalue weighted by molar-refractivity contribution is 0.0950. The first-order chi connectivity index (χ1) is 8.66. The van der Waals surface area contributed by atoms with E-state index in [0.717, 1.165) is 5.69 Å². The van der Waals surface area contributed by atoms with E-state index in [-0.39, 0.29) is 11.1 Å². The molecule has 2 aromatic heterocycles. The molecule has 2 aromatic rings. The average Bonchev–Trinajstić information content (AvgIpc) is 2.40. The van der Waals surface area contributed by atoms with E-state index in [1.165, 1.54) is 12.5 Å². The molecule has 0 aliphatic carbocycles. The number of halogens is 2. The molecule has 0 bridgehead atoms. The van der Waals surface area contributed by atoms with Crippen LogP contribution in [0.5, 0.6) is 0 Å². The number of hydrogen-bond acceptors (Lipinski definition) is 4. The van der Waals surface area contributed by atoms with Crippen LogP contribution in [-0.2, 0) is 6.54 Å². The van der Waals surface area contributed by atoms with Gasteiger partial charge >= 0.3 is 0 Å². The fraction of sp³-hybridized carbons (Fsp3) is 0.0909. The summed E-state index contributed by atoms with van der Waals surface area (Å²) in [5.41, 5.74) is 1.04. The van der Waals surface area contributed by atoms with Gasteiger partial charge in [0.15, 0.2) is 0 Å². The number of carbonyl (C=O) groups excluding carboxylic acids is 1. The molecule has 0 radical (unpaired) electrons. The third-order valence-electron chi connectivity index (χ3n) is 2.12. The Morgan fingerprint density at radius 3 is 3.00 bits per heavy atom. The first kappa shape index (κ1) is 12.9. The monoisotopic (exact) mass is 326 g/mol. The van der Waals surface area contributed by atoms with E-state index in [1.54, 1.807) is 18.3 Å². The second-order valence-corrected chi connectivity index (χ2v) is 4.65. The molecule has 0 aliphatic rings. The first-order valence-electron chi connectivity index (χ1n) is 5.01. The Bertz CT molecular complexity index is 564. The van der Waals surface area contributed by atoms with Crippen LogP contribution in [0, 0.1) is 0 Å². The number of rotatable bonds is 3. The van der Waals surface area contributed by atoms with Crippen LogP contribution < -0.4 is 5.32 Å². The summed E-state index contributed by atoms with van der Waals surface area (Å²) in [6, 6.07) is 3.34. The molecule has 0 aromatic carbocycles. The minimum atomic E-state index is -0.299. The van der Waals surface area contributed by atoms with Gasteiger partial charge in [0.05, 0.1) is 17.8 Å². The Morgan fingerprint density at radius 1 is 1.44 bits per heavy atom. The third kappa shape index (κ3) is 3.24. The Morgan fingerprint density at radius 2 is 2.28 bits per heavy atom. The first-order valence-corrected chi connectivity index (χ1v) is 6.18. The second-order valence-electron chi connectivity index (χ2n) is 3.38. The maximum absolute atomic E-state index is 11.9. The Balaban J connectivity index is 2.06. The second kappa shape index (κ2) is 5.88. The van der Waals surface area contributed by atoms with Gasteiger partial charge < -0.3 is 5.32 Å². The molecule has 0 saturated carbocycles. The molecule has 0 fully saturated rings. The van der Waals surface area contributed by atoms with Gasteiger partial charge in [-0.15, -0.1) is 0 Å². The lowest BCUT2D eigenvalue weighted by Gasteiger charge is -2.06. The Kier molecular flexibility index (Phi) is 4.22. The predicted molar refractivity (Wildman–Crippen MR) is 70.1 cm³/mol. The normalized spacial score (nSPS) is 10.1. The summed E-state index contributed by atoms with van der Waals surface area (Å²) in [4.78, 5) is 23.6. The Labute approximate surface area is 117 Å². The van der Waals surface area contributed by atoms with Crippen molar-refractivity contribution in [2.75, 3.05) is 0 Å². The molecule has 92 valence electrons. The summed E-state index contributed by atoms with van der Waals surface area (Å²) in [6.45, 7) is 0.310. The average molecular weight is 328 g/mol. The summed E-state index contributed by atoms with van der Waals surface area (Å²) in [7, 11) is 0. The van der Waals surface area contributed by atoms with E-state index >= 15 is 0 Å². The van der Waals surface area contributed by atoms with Gasteiger partial charge in [0, 0.05) is 16.9 Å². The molecule has 1 N–H and O–H groups in total. The molecular weight excluding hydrogens is 320 g/mol. The van der Waals surface area contributed by atoms with Crippen molar-refractivity contribution in [2.24, 2.45) is 0 Å². The highest BCUT2D eigenvalue weighted by Crippen LogP contribution is 2.17. The number of amides is 1. The van der Waals surface area contributed by atoms with Crippen molar-refractivity contribution in [1.82, 2.24) is 20.3 Å². The van der Waals surface area contributed by atoms with E-state index in [2.05, 4.69) is 36.2 Å². The van der Waals surface area contributed by atoms with Crippen LogP contribution in [0.25, 0.3) is 0 Å². The van der Waals surface area contributed by atoms with Crippen LogP contribution >= 0.6 is 27.5 Å². The quantitative estimate of drug-likeness (QED) is 0.878. The van der Waals surface area contributed by atoms with E-state index < -0.39 is 0 Å². The summed E-state index contributed by atoms with van der Waals surface area (Å²) in [5.74, 6) is -0.299. The lowest BCUT2D eigenvalue weighted by Crippen LogP contribution is -2.23. The van der Waals surface area contributed by atoms with Crippen LogP contribution in [-0.4, -0.2) is 20.9 Å². The van der Waals surface area contributed by atoms with Gasteiger partial charge in [-0.05, 0) is 28.1 Å². The van der Waals surface area contributed by atoms with Gasteiger partial charge in [0.25, 0.3) is 5.91 Å². The lowest BCUT2D eigenvalue weighted by atomic mass is 10.2. The highest BCUT2D eigenvalue weighted by molar-refractivity contribution is 9.10. The van der Waals surface area contributed by atoms with Gasteiger partial charge in [0.1, 0.15) is 11.5 Å².